The van der Waals surface area contributed by atoms with Crippen molar-refractivity contribution in [2.45, 2.75) is 52.1 Å². The van der Waals surface area contributed by atoms with E-state index >= 15 is 0 Å². The Labute approximate surface area is 158 Å². The van der Waals surface area contributed by atoms with Gasteiger partial charge in [0.25, 0.3) is 5.91 Å². The lowest BCUT2D eigenvalue weighted by atomic mass is 9.84. The molecule has 5 rings (SSSR count). The Hall–Kier alpha value is -2.76. The fourth-order valence-corrected chi connectivity index (χ4v) is 4.41. The molecule has 2 aliphatic rings. The van der Waals surface area contributed by atoms with Gasteiger partial charge in [-0.2, -0.15) is 0 Å². The Bertz CT molecular complexity index is 1040. The van der Waals surface area contributed by atoms with Gasteiger partial charge in [0.1, 0.15) is 5.82 Å². The molecular formula is C21H23N5O. The SMILES string of the molecule is C[C@@H]1CCc2nc3ccccc3c(C(=O)NCc3nnc4n3CCC4)c2C1. The number of carbonyl (C=O) groups is 1. The highest BCUT2D eigenvalue weighted by molar-refractivity contribution is 6.07. The molecule has 1 N–H and O–H groups in total. The summed E-state index contributed by atoms with van der Waals surface area (Å²) in [6, 6.07) is 7.96. The van der Waals surface area contributed by atoms with Gasteiger partial charge >= 0.3 is 0 Å². The predicted molar refractivity (Wildman–Crippen MR) is 102 cm³/mol. The van der Waals surface area contributed by atoms with Gasteiger partial charge < -0.3 is 9.88 Å². The number of benzene rings is 1. The largest absolute Gasteiger partial charge is 0.345 e. The maximum Gasteiger partial charge on any atom is 0.252 e. The second-order valence-electron chi connectivity index (χ2n) is 7.75. The number of para-hydroxylation sites is 1. The topological polar surface area (TPSA) is 72.7 Å². The van der Waals surface area contributed by atoms with Gasteiger partial charge in [0.05, 0.1) is 17.6 Å². The van der Waals surface area contributed by atoms with Crippen LogP contribution in [0.15, 0.2) is 24.3 Å². The molecule has 6 heteroatoms. The summed E-state index contributed by atoms with van der Waals surface area (Å²) < 4.78 is 2.13. The van der Waals surface area contributed by atoms with Crippen LogP contribution < -0.4 is 5.32 Å². The minimum absolute atomic E-state index is 0.0331. The molecule has 0 spiro atoms. The van der Waals surface area contributed by atoms with Crippen molar-refractivity contribution in [2.24, 2.45) is 5.92 Å². The molecule has 0 radical (unpaired) electrons. The standard InChI is InChI=1S/C21H23N5O/c1-13-8-9-17-15(11-13)20(14-5-2-3-6-16(14)23-17)21(27)22-12-19-25-24-18-7-4-10-26(18)19/h2-3,5-6,13H,4,7-12H2,1H3,(H,22,27)/t13-/m1/s1. The van der Waals surface area contributed by atoms with Gasteiger partial charge in [-0.3, -0.25) is 9.78 Å². The van der Waals surface area contributed by atoms with E-state index in [1.54, 1.807) is 0 Å². The summed E-state index contributed by atoms with van der Waals surface area (Å²) in [6.07, 6.45) is 5.06. The molecule has 6 nitrogen and oxygen atoms in total. The molecule has 1 aromatic carbocycles. The van der Waals surface area contributed by atoms with Crippen LogP contribution in [0.3, 0.4) is 0 Å². The van der Waals surface area contributed by atoms with E-state index in [0.29, 0.717) is 12.5 Å². The fraction of sp³-hybridized carbons (Fsp3) is 0.429. The molecule has 3 heterocycles. The van der Waals surface area contributed by atoms with Gasteiger partial charge in [-0.1, -0.05) is 25.1 Å². The van der Waals surface area contributed by atoms with Gasteiger partial charge in [0.2, 0.25) is 0 Å². The number of aryl methyl sites for hydroxylation is 2. The maximum atomic E-state index is 13.2. The minimum atomic E-state index is -0.0331. The molecule has 3 aromatic rings. The molecule has 138 valence electrons. The molecule has 0 saturated carbocycles. The number of rotatable bonds is 3. The van der Waals surface area contributed by atoms with Crippen LogP contribution in [0, 0.1) is 5.92 Å². The lowest BCUT2D eigenvalue weighted by Gasteiger charge is -2.24. The van der Waals surface area contributed by atoms with Crippen LogP contribution in [-0.2, 0) is 32.4 Å². The van der Waals surface area contributed by atoms with Crippen LogP contribution in [0.5, 0.6) is 0 Å². The Morgan fingerprint density at radius 1 is 1.26 bits per heavy atom. The summed E-state index contributed by atoms with van der Waals surface area (Å²) >= 11 is 0. The summed E-state index contributed by atoms with van der Waals surface area (Å²) in [4.78, 5) is 18.1. The number of amides is 1. The molecule has 1 aliphatic heterocycles. The Morgan fingerprint density at radius 3 is 3.07 bits per heavy atom. The van der Waals surface area contributed by atoms with Crippen molar-refractivity contribution < 1.29 is 4.79 Å². The Balaban J connectivity index is 1.51. The van der Waals surface area contributed by atoms with Gasteiger partial charge in [0.15, 0.2) is 5.82 Å². The summed E-state index contributed by atoms with van der Waals surface area (Å²) in [5.41, 5.74) is 3.90. The molecule has 0 saturated heterocycles. The number of carbonyl (C=O) groups excluding carboxylic acids is 1. The first-order valence-electron chi connectivity index (χ1n) is 9.80. The second-order valence-corrected chi connectivity index (χ2v) is 7.75. The number of nitrogens with zero attached hydrogens (tertiary/aromatic N) is 4. The molecule has 0 fully saturated rings. The first-order valence-corrected chi connectivity index (χ1v) is 9.80. The summed E-state index contributed by atoms with van der Waals surface area (Å²) in [7, 11) is 0. The first kappa shape index (κ1) is 16.4. The number of hydrogen-bond donors (Lipinski definition) is 1. The molecule has 1 aliphatic carbocycles. The molecule has 27 heavy (non-hydrogen) atoms. The molecule has 2 aromatic heterocycles. The Kier molecular flexibility index (Phi) is 3.92. The average Bonchev–Trinajstić information content (AvgIpc) is 3.28. The average molecular weight is 361 g/mol. The zero-order valence-corrected chi connectivity index (χ0v) is 15.5. The van der Waals surface area contributed by atoms with E-state index in [-0.39, 0.29) is 5.91 Å². The lowest BCUT2D eigenvalue weighted by molar-refractivity contribution is 0.0949. The number of nitrogens with one attached hydrogen (secondary N) is 1. The third kappa shape index (κ3) is 2.80. The minimum Gasteiger partial charge on any atom is -0.345 e. The zero-order valence-electron chi connectivity index (χ0n) is 15.5. The van der Waals surface area contributed by atoms with E-state index in [4.69, 9.17) is 4.98 Å². The third-order valence-electron chi connectivity index (χ3n) is 5.83. The van der Waals surface area contributed by atoms with Gasteiger partial charge in [-0.15, -0.1) is 10.2 Å². The highest BCUT2D eigenvalue weighted by Crippen LogP contribution is 2.31. The van der Waals surface area contributed by atoms with E-state index in [1.165, 1.54) is 0 Å². The van der Waals surface area contributed by atoms with E-state index in [2.05, 4.69) is 27.0 Å². The molecule has 1 amide bonds. The molecular weight excluding hydrogens is 338 g/mol. The fourth-order valence-electron chi connectivity index (χ4n) is 4.41. The molecule has 1 atom stereocenters. The van der Waals surface area contributed by atoms with Crippen LogP contribution in [0.25, 0.3) is 10.9 Å². The number of aromatic nitrogens is 4. The van der Waals surface area contributed by atoms with E-state index in [9.17, 15) is 4.79 Å². The number of hydrogen-bond acceptors (Lipinski definition) is 4. The van der Waals surface area contributed by atoms with Gasteiger partial charge in [0, 0.05) is 24.0 Å². The zero-order chi connectivity index (χ0) is 18.4. The van der Waals surface area contributed by atoms with Crippen molar-refractivity contribution in [1.29, 1.82) is 0 Å². The smallest absolute Gasteiger partial charge is 0.252 e. The summed E-state index contributed by atoms with van der Waals surface area (Å²) in [5, 5.41) is 12.5. The lowest BCUT2D eigenvalue weighted by Crippen LogP contribution is -2.28. The van der Waals surface area contributed by atoms with Crippen molar-refractivity contribution in [2.75, 3.05) is 0 Å². The molecule has 0 unspecified atom stereocenters. The first-order chi connectivity index (χ1) is 13.2. The number of fused-ring (bicyclic) bond motifs is 3. The van der Waals surface area contributed by atoms with Crippen molar-refractivity contribution in [1.82, 2.24) is 25.1 Å². The summed E-state index contributed by atoms with van der Waals surface area (Å²) in [6.45, 7) is 3.60. The predicted octanol–water partition coefficient (Wildman–Crippen LogP) is 2.83. The van der Waals surface area contributed by atoms with Crippen LogP contribution in [-0.4, -0.2) is 25.7 Å². The highest BCUT2D eigenvalue weighted by atomic mass is 16.1. The van der Waals surface area contributed by atoms with Crippen LogP contribution in [0.2, 0.25) is 0 Å². The van der Waals surface area contributed by atoms with Gasteiger partial charge in [-0.25, -0.2) is 0 Å². The molecule has 0 bridgehead atoms. The third-order valence-corrected chi connectivity index (χ3v) is 5.83. The van der Waals surface area contributed by atoms with E-state index in [1.807, 2.05) is 24.3 Å². The number of pyridine rings is 1. The van der Waals surface area contributed by atoms with Crippen molar-refractivity contribution in [3.8, 4) is 0 Å². The van der Waals surface area contributed by atoms with Gasteiger partial charge in [-0.05, 0) is 43.2 Å². The van der Waals surface area contributed by atoms with Crippen molar-refractivity contribution in [3.63, 3.8) is 0 Å². The van der Waals surface area contributed by atoms with Crippen LogP contribution >= 0.6 is 0 Å². The normalized spacial score (nSPS) is 18.3. The van der Waals surface area contributed by atoms with Crippen LogP contribution in [0.4, 0.5) is 0 Å². The summed E-state index contributed by atoms with van der Waals surface area (Å²) in [5.74, 6) is 2.41. The second kappa shape index (κ2) is 6.44. The van der Waals surface area contributed by atoms with Crippen molar-refractivity contribution in [3.05, 3.63) is 52.7 Å². The Morgan fingerprint density at radius 2 is 2.15 bits per heavy atom. The maximum absolute atomic E-state index is 13.2. The monoisotopic (exact) mass is 361 g/mol. The van der Waals surface area contributed by atoms with E-state index in [0.717, 1.165) is 78.0 Å². The highest BCUT2D eigenvalue weighted by Gasteiger charge is 2.25. The van der Waals surface area contributed by atoms with E-state index < -0.39 is 0 Å². The van der Waals surface area contributed by atoms with Crippen LogP contribution in [0.1, 0.15) is 53.0 Å². The van der Waals surface area contributed by atoms with Crippen molar-refractivity contribution >= 4 is 16.8 Å². The quantitative estimate of drug-likeness (QED) is 0.779.